The van der Waals surface area contributed by atoms with Gasteiger partial charge in [-0.05, 0) is 74.8 Å². The summed E-state index contributed by atoms with van der Waals surface area (Å²) in [5, 5.41) is 21.5. The Morgan fingerprint density at radius 2 is 1.81 bits per heavy atom. The van der Waals surface area contributed by atoms with E-state index in [9.17, 15) is 19.2 Å². The van der Waals surface area contributed by atoms with E-state index in [0.29, 0.717) is 57.8 Å². The third kappa shape index (κ3) is 8.87. The van der Waals surface area contributed by atoms with Gasteiger partial charge in [0.1, 0.15) is 58.1 Å². The molecule has 8 atom stereocenters. The lowest BCUT2D eigenvalue weighted by Gasteiger charge is -2.35. The van der Waals surface area contributed by atoms with Gasteiger partial charge in [0.15, 0.2) is 11.7 Å². The van der Waals surface area contributed by atoms with Crippen molar-refractivity contribution >= 4 is 62.8 Å². The first-order valence-electron chi connectivity index (χ1n) is 20.2. The number of rotatable bonds is 14. The quantitative estimate of drug-likeness (QED) is 0.150. The minimum Gasteiger partial charge on any atom is -0.488 e. The fourth-order valence-electron chi connectivity index (χ4n) is 8.55. The molecule has 3 saturated carbocycles. The lowest BCUT2D eigenvalue weighted by Crippen LogP contribution is -2.59. The van der Waals surface area contributed by atoms with Crippen molar-refractivity contribution in [3.8, 4) is 29.0 Å². The number of esters is 1. The van der Waals surface area contributed by atoms with E-state index in [0.717, 1.165) is 12.8 Å². The molecule has 15 nitrogen and oxygen atoms in total. The molecular formula is C42H52ClN7O8S. The van der Waals surface area contributed by atoms with Crippen molar-refractivity contribution in [2.45, 2.75) is 116 Å². The minimum atomic E-state index is -1.20. The molecule has 59 heavy (non-hydrogen) atoms. The van der Waals surface area contributed by atoms with Crippen molar-refractivity contribution in [1.29, 1.82) is 5.26 Å². The lowest BCUT2D eigenvalue weighted by molar-refractivity contribution is -0.148. The second kappa shape index (κ2) is 16.6. The van der Waals surface area contributed by atoms with E-state index >= 15 is 0 Å². The molecule has 1 unspecified atom stereocenters. The number of likely N-dealkylation sites (tertiary alicyclic amines) is 1. The molecule has 0 spiro atoms. The molecule has 7 rings (SSSR count). The summed E-state index contributed by atoms with van der Waals surface area (Å²) < 4.78 is 23.2. The zero-order valence-corrected chi connectivity index (χ0v) is 36.0. The zero-order chi connectivity index (χ0) is 42.4. The number of carbonyl (C=O) groups is 4. The van der Waals surface area contributed by atoms with Gasteiger partial charge in [0.05, 0.1) is 24.9 Å². The van der Waals surface area contributed by atoms with E-state index in [1.165, 1.54) is 29.8 Å². The number of fused-ring (bicyclic) bond motifs is 2. The Labute approximate surface area is 352 Å². The van der Waals surface area contributed by atoms with Crippen molar-refractivity contribution in [1.82, 2.24) is 25.5 Å². The summed E-state index contributed by atoms with van der Waals surface area (Å²) in [6, 6.07) is 5.07. The number of halogens is 1. The van der Waals surface area contributed by atoms with Crippen LogP contribution in [-0.2, 0) is 23.9 Å². The number of methoxy groups -OCH3 is 1. The maximum absolute atomic E-state index is 14.8. The number of thiazole rings is 1. The number of nitrogens with one attached hydrogen (secondary N) is 3. The molecule has 2 aromatic heterocycles. The number of alkyl carbamates (subject to hydrolysis) is 1. The highest BCUT2D eigenvalue weighted by molar-refractivity contribution is 7.14. The molecule has 3 aromatic rings. The number of carbonyl (C=O) groups excluding carboxylic acids is 4. The van der Waals surface area contributed by atoms with Crippen LogP contribution >= 0.6 is 22.9 Å². The van der Waals surface area contributed by atoms with Gasteiger partial charge in [0.2, 0.25) is 11.8 Å². The summed E-state index contributed by atoms with van der Waals surface area (Å²) in [6.07, 6.45) is 2.34. The van der Waals surface area contributed by atoms with Crippen LogP contribution in [0.1, 0.15) is 80.1 Å². The topological polar surface area (TPSA) is 194 Å². The number of hydrogen-bond acceptors (Lipinski definition) is 13. The molecule has 17 heteroatoms. The SMILES string of the molecule is CC[C@@H]1C[C@]1(NC(=O)[C@@H]1C[C@@H](Oc2cc(-c3csc(NC(C)C)n3)nc3c(Cl)c(OCC#N)ccc23)CN1C(=O)[C@@H](NC(=O)OC1C[C@@H]2C[C@@H]2C1)C(C)(C)C)C(=O)OC. The molecule has 1 aliphatic heterocycles. The van der Waals surface area contributed by atoms with Gasteiger partial charge >= 0.3 is 12.1 Å². The fraction of sp³-hybridized carbons (Fsp3) is 0.595. The first-order chi connectivity index (χ1) is 28.0. The Balaban J connectivity index is 1.21. The third-order valence-corrected chi connectivity index (χ3v) is 12.9. The van der Waals surface area contributed by atoms with E-state index in [2.05, 4.69) is 16.0 Å². The average molecular weight is 850 g/mol. The van der Waals surface area contributed by atoms with E-state index in [4.69, 9.17) is 45.8 Å². The van der Waals surface area contributed by atoms with Crippen LogP contribution in [-0.4, -0.2) is 94.9 Å². The third-order valence-electron chi connectivity index (χ3n) is 11.8. The molecule has 3 aliphatic carbocycles. The molecule has 4 fully saturated rings. The van der Waals surface area contributed by atoms with Crippen molar-refractivity contribution in [3.63, 3.8) is 0 Å². The van der Waals surface area contributed by atoms with E-state index in [1.54, 1.807) is 18.2 Å². The second-order valence-electron chi connectivity index (χ2n) is 17.5. The highest BCUT2D eigenvalue weighted by Crippen LogP contribution is 2.52. The molecule has 3 heterocycles. The Morgan fingerprint density at radius 3 is 2.46 bits per heavy atom. The van der Waals surface area contributed by atoms with Crippen LogP contribution in [0.15, 0.2) is 23.6 Å². The Morgan fingerprint density at radius 1 is 1.07 bits per heavy atom. The van der Waals surface area contributed by atoms with Gasteiger partial charge in [-0.2, -0.15) is 5.26 Å². The number of anilines is 1. The van der Waals surface area contributed by atoms with Crippen LogP contribution in [0, 0.1) is 34.5 Å². The maximum Gasteiger partial charge on any atom is 0.408 e. The highest BCUT2D eigenvalue weighted by atomic mass is 35.5. The maximum atomic E-state index is 14.8. The lowest BCUT2D eigenvalue weighted by atomic mass is 9.85. The summed E-state index contributed by atoms with van der Waals surface area (Å²) in [6.45, 7) is 11.2. The molecule has 1 saturated heterocycles. The zero-order valence-electron chi connectivity index (χ0n) is 34.4. The minimum absolute atomic E-state index is 0.0238. The van der Waals surface area contributed by atoms with Gasteiger partial charge in [-0.3, -0.25) is 9.59 Å². The number of ether oxygens (including phenoxy) is 4. The monoisotopic (exact) mass is 849 g/mol. The summed E-state index contributed by atoms with van der Waals surface area (Å²) in [5.41, 5.74) is -0.616. The first kappa shape index (κ1) is 42.3. The van der Waals surface area contributed by atoms with Crippen LogP contribution in [0.5, 0.6) is 11.5 Å². The molecule has 3 N–H and O–H groups in total. The van der Waals surface area contributed by atoms with Crippen LogP contribution in [0.3, 0.4) is 0 Å². The van der Waals surface area contributed by atoms with Crippen LogP contribution in [0.2, 0.25) is 5.02 Å². The number of nitriles is 1. The molecule has 316 valence electrons. The summed E-state index contributed by atoms with van der Waals surface area (Å²) in [5.74, 6) is 0.165. The normalized spacial score (nSPS) is 26.1. The van der Waals surface area contributed by atoms with Gasteiger partial charge < -0.3 is 39.8 Å². The standard InChI is InChI=1S/C42H52ClN7O8S/c1-8-24-18-42(24,38(53)55-7)49-36(51)30-16-26(19-50(30)37(52)35(41(4,5)6)48-40(54)58-25-14-22-13-23(22)15-25)57-32-17-28(29-20-59-39(47-29)45-21(2)3)46-34-27(32)9-10-31(33(34)43)56-12-11-44/h9-10,17,20-26,30,35H,8,12-16,18-19H2,1-7H3,(H,45,47)(H,48,54)(H,49,51)/t22-,23+,24-,25?,26-,30+,35-,42-/m1/s1. The smallest absolute Gasteiger partial charge is 0.408 e. The molecule has 3 amide bonds. The molecule has 0 bridgehead atoms. The van der Waals surface area contributed by atoms with Crippen LogP contribution in [0.4, 0.5) is 9.93 Å². The Bertz CT molecular complexity index is 2160. The largest absolute Gasteiger partial charge is 0.488 e. The number of pyridine rings is 1. The summed E-state index contributed by atoms with van der Waals surface area (Å²) >= 11 is 8.29. The number of benzene rings is 1. The van der Waals surface area contributed by atoms with Crippen molar-refractivity contribution in [2.75, 3.05) is 25.6 Å². The second-order valence-corrected chi connectivity index (χ2v) is 18.7. The van der Waals surface area contributed by atoms with Crippen LogP contribution < -0.4 is 25.4 Å². The van der Waals surface area contributed by atoms with Crippen molar-refractivity contribution in [3.05, 3.63) is 28.6 Å². The van der Waals surface area contributed by atoms with E-state index in [1.807, 2.05) is 53.0 Å². The predicted molar refractivity (Wildman–Crippen MR) is 221 cm³/mol. The van der Waals surface area contributed by atoms with E-state index < -0.39 is 53.0 Å². The number of hydrogen-bond donors (Lipinski definition) is 3. The van der Waals surface area contributed by atoms with Crippen molar-refractivity contribution < 1.29 is 38.1 Å². The van der Waals surface area contributed by atoms with Gasteiger partial charge in [-0.1, -0.05) is 45.7 Å². The Kier molecular flexibility index (Phi) is 11.9. The molecule has 4 aliphatic rings. The summed E-state index contributed by atoms with van der Waals surface area (Å²) in [4.78, 5) is 66.6. The highest BCUT2D eigenvalue weighted by Gasteiger charge is 2.62. The van der Waals surface area contributed by atoms with E-state index in [-0.39, 0.29) is 48.4 Å². The number of nitrogens with zero attached hydrogens (tertiary/aromatic N) is 4. The fourth-order valence-corrected chi connectivity index (χ4v) is 9.67. The first-order valence-corrected chi connectivity index (χ1v) is 21.5. The van der Waals surface area contributed by atoms with Gasteiger partial charge in [-0.25, -0.2) is 19.6 Å². The summed E-state index contributed by atoms with van der Waals surface area (Å²) in [7, 11) is 1.29. The van der Waals surface area contributed by atoms with Crippen molar-refractivity contribution in [2.24, 2.45) is 23.2 Å². The molecule has 0 radical (unpaired) electrons. The molecular weight excluding hydrogens is 798 g/mol. The van der Waals surface area contributed by atoms with Crippen LogP contribution in [0.25, 0.3) is 22.3 Å². The average Bonchev–Trinajstić information content (AvgIpc) is 3.85. The van der Waals surface area contributed by atoms with Gasteiger partial charge in [0, 0.05) is 29.3 Å². The van der Waals surface area contributed by atoms with Gasteiger partial charge in [0.25, 0.3) is 0 Å². The predicted octanol–water partition coefficient (Wildman–Crippen LogP) is 6.48. The van der Waals surface area contributed by atoms with Gasteiger partial charge in [-0.15, -0.1) is 11.3 Å². The number of aromatic nitrogens is 2. The number of amides is 3. The molecule has 1 aromatic carbocycles. The Hall–Kier alpha value is -4.88.